The zero-order valence-electron chi connectivity index (χ0n) is 15.3. The summed E-state index contributed by atoms with van der Waals surface area (Å²) < 4.78 is 7.33. The van der Waals surface area contributed by atoms with Gasteiger partial charge in [0, 0.05) is 30.4 Å². The molecule has 1 aromatic rings. The second-order valence-electron chi connectivity index (χ2n) is 7.60. The Balaban J connectivity index is 1.77. The van der Waals surface area contributed by atoms with Crippen LogP contribution in [-0.4, -0.2) is 28.2 Å². The van der Waals surface area contributed by atoms with Crippen LogP contribution in [0.15, 0.2) is 12.1 Å². The molecule has 0 aliphatic heterocycles. The summed E-state index contributed by atoms with van der Waals surface area (Å²) in [5, 5.41) is 5.86. The molecule has 2 amide bonds. The fraction of sp³-hybridized carbons (Fsp3) is 0.667. The number of aromatic nitrogens is 1. The zero-order chi connectivity index (χ0) is 17.9. The number of nitrogens with one attached hydrogen (secondary N) is 2. The van der Waals surface area contributed by atoms with E-state index in [0.717, 1.165) is 18.5 Å². The largest absolute Gasteiger partial charge is 0.444 e. The summed E-state index contributed by atoms with van der Waals surface area (Å²) in [4.78, 5) is 24.1. The normalized spacial score (nSPS) is 20.7. The summed E-state index contributed by atoms with van der Waals surface area (Å²) >= 11 is 0. The van der Waals surface area contributed by atoms with E-state index in [2.05, 4.69) is 15.2 Å². The van der Waals surface area contributed by atoms with Gasteiger partial charge < -0.3 is 19.9 Å². The maximum absolute atomic E-state index is 12.3. The lowest BCUT2D eigenvalue weighted by Crippen LogP contribution is -2.38. The molecule has 2 atom stereocenters. The third-order valence-electron chi connectivity index (χ3n) is 4.44. The Bertz CT molecular complexity index is 601. The highest BCUT2D eigenvalue weighted by molar-refractivity contribution is 5.79. The van der Waals surface area contributed by atoms with Crippen LogP contribution in [0, 0.1) is 12.8 Å². The molecule has 1 aliphatic rings. The number of aryl methyl sites for hydroxylation is 1. The van der Waals surface area contributed by atoms with E-state index >= 15 is 0 Å². The fourth-order valence-corrected chi connectivity index (χ4v) is 2.99. The van der Waals surface area contributed by atoms with Crippen LogP contribution in [-0.2, 0) is 23.1 Å². The van der Waals surface area contributed by atoms with Gasteiger partial charge in [0.15, 0.2) is 0 Å². The Hall–Kier alpha value is -1.98. The number of alkyl carbamates (subject to hydrolysis) is 1. The van der Waals surface area contributed by atoms with Crippen molar-refractivity contribution in [3.63, 3.8) is 0 Å². The van der Waals surface area contributed by atoms with Gasteiger partial charge in [-0.15, -0.1) is 0 Å². The summed E-state index contributed by atoms with van der Waals surface area (Å²) in [6, 6.07) is 4.07. The van der Waals surface area contributed by atoms with E-state index in [0.29, 0.717) is 13.0 Å². The molecule has 6 heteroatoms. The molecule has 1 heterocycles. The molecule has 0 spiro atoms. The predicted molar refractivity (Wildman–Crippen MR) is 92.5 cm³/mol. The number of nitrogens with zero attached hydrogens (tertiary/aromatic N) is 1. The van der Waals surface area contributed by atoms with E-state index in [9.17, 15) is 9.59 Å². The van der Waals surface area contributed by atoms with E-state index in [1.165, 1.54) is 5.69 Å². The van der Waals surface area contributed by atoms with Crippen LogP contribution in [0.1, 0.15) is 51.4 Å². The minimum Gasteiger partial charge on any atom is -0.444 e. The molecule has 134 valence electrons. The average molecular weight is 335 g/mol. The van der Waals surface area contributed by atoms with Crippen molar-refractivity contribution < 1.29 is 14.3 Å². The SMILES string of the molecule is Cc1ccc(CNC(=O)[C@H]2CC[C@H](NC(=O)OC(C)(C)C)C2)n1C. The minimum absolute atomic E-state index is 0.00730. The molecule has 0 aromatic carbocycles. The molecule has 2 N–H and O–H groups in total. The molecule has 1 fully saturated rings. The number of carbonyl (C=O) groups excluding carboxylic acids is 2. The van der Waals surface area contributed by atoms with Crippen molar-refractivity contribution in [3.8, 4) is 0 Å². The number of hydrogen-bond donors (Lipinski definition) is 2. The first kappa shape index (κ1) is 18.4. The number of rotatable bonds is 4. The number of ether oxygens (including phenoxy) is 1. The molecule has 0 saturated heterocycles. The summed E-state index contributed by atoms with van der Waals surface area (Å²) in [6.07, 6.45) is 1.85. The summed E-state index contributed by atoms with van der Waals surface area (Å²) in [5.74, 6) is 0.00800. The second kappa shape index (κ2) is 7.28. The molecule has 24 heavy (non-hydrogen) atoms. The van der Waals surface area contributed by atoms with Gasteiger partial charge in [0.05, 0.1) is 6.54 Å². The molecular formula is C18H29N3O3. The van der Waals surface area contributed by atoms with Gasteiger partial charge in [-0.3, -0.25) is 4.79 Å². The topological polar surface area (TPSA) is 72.4 Å². The van der Waals surface area contributed by atoms with Crippen LogP contribution >= 0.6 is 0 Å². The van der Waals surface area contributed by atoms with Gasteiger partial charge in [0.25, 0.3) is 0 Å². The number of carbonyl (C=O) groups is 2. The highest BCUT2D eigenvalue weighted by atomic mass is 16.6. The Morgan fingerprint density at radius 3 is 2.58 bits per heavy atom. The van der Waals surface area contributed by atoms with Gasteiger partial charge in [0.2, 0.25) is 5.91 Å². The molecular weight excluding hydrogens is 306 g/mol. The highest BCUT2D eigenvalue weighted by Crippen LogP contribution is 2.26. The quantitative estimate of drug-likeness (QED) is 0.888. The van der Waals surface area contributed by atoms with Crippen molar-refractivity contribution in [1.29, 1.82) is 0 Å². The van der Waals surface area contributed by atoms with Crippen LogP contribution in [0.2, 0.25) is 0 Å². The maximum atomic E-state index is 12.3. The fourth-order valence-electron chi connectivity index (χ4n) is 2.99. The Kier molecular flexibility index (Phi) is 5.57. The van der Waals surface area contributed by atoms with Crippen molar-refractivity contribution in [3.05, 3.63) is 23.5 Å². The molecule has 0 bridgehead atoms. The average Bonchev–Trinajstić information content (AvgIpc) is 3.03. The molecule has 1 saturated carbocycles. The lowest BCUT2D eigenvalue weighted by Gasteiger charge is -2.21. The molecule has 0 radical (unpaired) electrons. The third kappa shape index (κ3) is 5.01. The summed E-state index contributed by atoms with van der Waals surface area (Å²) in [6.45, 7) is 8.08. The van der Waals surface area contributed by atoms with E-state index in [4.69, 9.17) is 4.74 Å². The monoisotopic (exact) mass is 335 g/mol. The maximum Gasteiger partial charge on any atom is 0.407 e. The van der Waals surface area contributed by atoms with Crippen LogP contribution in [0.4, 0.5) is 4.79 Å². The van der Waals surface area contributed by atoms with E-state index in [1.807, 2.05) is 46.9 Å². The van der Waals surface area contributed by atoms with Crippen molar-refractivity contribution >= 4 is 12.0 Å². The van der Waals surface area contributed by atoms with Crippen LogP contribution in [0.3, 0.4) is 0 Å². The Morgan fingerprint density at radius 1 is 1.29 bits per heavy atom. The van der Waals surface area contributed by atoms with Gasteiger partial charge >= 0.3 is 6.09 Å². The van der Waals surface area contributed by atoms with Crippen molar-refractivity contribution in [2.24, 2.45) is 13.0 Å². The lowest BCUT2D eigenvalue weighted by molar-refractivity contribution is -0.125. The van der Waals surface area contributed by atoms with Crippen LogP contribution in [0.25, 0.3) is 0 Å². The number of amides is 2. The lowest BCUT2D eigenvalue weighted by atomic mass is 10.1. The van der Waals surface area contributed by atoms with Gasteiger partial charge in [-0.1, -0.05) is 0 Å². The first-order valence-electron chi connectivity index (χ1n) is 8.54. The minimum atomic E-state index is -0.507. The van der Waals surface area contributed by atoms with Gasteiger partial charge in [-0.05, 0) is 59.1 Å². The van der Waals surface area contributed by atoms with E-state index in [1.54, 1.807) is 0 Å². The molecule has 2 rings (SSSR count). The molecule has 6 nitrogen and oxygen atoms in total. The molecule has 1 aliphatic carbocycles. The van der Waals surface area contributed by atoms with Crippen molar-refractivity contribution in [2.45, 2.75) is 65.1 Å². The predicted octanol–water partition coefficient (Wildman–Crippen LogP) is 2.64. The zero-order valence-corrected chi connectivity index (χ0v) is 15.3. The Labute approximate surface area is 143 Å². The smallest absolute Gasteiger partial charge is 0.407 e. The summed E-state index contributed by atoms with van der Waals surface area (Å²) in [5.41, 5.74) is 1.75. The highest BCUT2D eigenvalue weighted by Gasteiger charge is 2.31. The summed E-state index contributed by atoms with van der Waals surface area (Å²) in [7, 11) is 1.99. The van der Waals surface area contributed by atoms with E-state index < -0.39 is 11.7 Å². The third-order valence-corrected chi connectivity index (χ3v) is 4.44. The van der Waals surface area contributed by atoms with Crippen LogP contribution < -0.4 is 10.6 Å². The van der Waals surface area contributed by atoms with Crippen molar-refractivity contribution in [2.75, 3.05) is 0 Å². The van der Waals surface area contributed by atoms with Crippen LogP contribution in [0.5, 0.6) is 0 Å². The van der Waals surface area contributed by atoms with Gasteiger partial charge in [-0.2, -0.15) is 0 Å². The molecule has 0 unspecified atom stereocenters. The van der Waals surface area contributed by atoms with Gasteiger partial charge in [-0.25, -0.2) is 4.79 Å². The van der Waals surface area contributed by atoms with Crippen molar-refractivity contribution in [1.82, 2.24) is 15.2 Å². The van der Waals surface area contributed by atoms with Gasteiger partial charge in [0.1, 0.15) is 5.60 Å². The molecule has 1 aromatic heterocycles. The second-order valence-corrected chi connectivity index (χ2v) is 7.60. The first-order valence-corrected chi connectivity index (χ1v) is 8.54. The number of hydrogen-bond acceptors (Lipinski definition) is 3. The standard InChI is InChI=1S/C18H29N3O3/c1-12-6-9-15(21(12)5)11-19-16(22)13-7-8-14(10-13)20-17(23)24-18(2,3)4/h6,9,13-14H,7-8,10-11H2,1-5H3,(H,19,22)(H,20,23)/t13-,14-/m0/s1. The van der Waals surface area contributed by atoms with E-state index in [-0.39, 0.29) is 17.9 Å². The Morgan fingerprint density at radius 2 is 2.00 bits per heavy atom. The first-order chi connectivity index (χ1) is 11.2.